The Morgan fingerprint density at radius 2 is 2.36 bits per heavy atom. The normalized spacial score (nSPS) is 36.6. The summed E-state index contributed by atoms with van der Waals surface area (Å²) in [5, 5.41) is -0.000692. The van der Waals surface area contributed by atoms with Crippen LogP contribution in [0.1, 0.15) is 12.8 Å². The summed E-state index contributed by atoms with van der Waals surface area (Å²) in [4.78, 5) is 9.80. The van der Waals surface area contributed by atoms with Crippen LogP contribution in [-0.4, -0.2) is 13.7 Å². The van der Waals surface area contributed by atoms with E-state index >= 15 is 0 Å². The van der Waals surface area contributed by atoms with E-state index in [1.807, 2.05) is 0 Å². The van der Waals surface area contributed by atoms with E-state index in [9.17, 15) is 0 Å². The van der Waals surface area contributed by atoms with E-state index in [4.69, 9.17) is 10.7 Å². The molecule has 5 nitrogen and oxygen atoms in total. The molecule has 2 rings (SSSR count). The van der Waals surface area contributed by atoms with Gasteiger partial charge < -0.3 is 5.84 Å². The van der Waals surface area contributed by atoms with Crippen molar-refractivity contribution in [1.82, 2.24) is 5.59 Å². The number of quaternary nitrogens is 1. The molecule has 80 valence electrons. The van der Waals surface area contributed by atoms with Crippen molar-refractivity contribution < 1.29 is 15.0 Å². The van der Waals surface area contributed by atoms with Crippen molar-refractivity contribution in [2.24, 2.45) is 17.8 Å². The molecule has 0 aromatic rings. The largest absolute Gasteiger partial charge is 0.411 e. The van der Waals surface area contributed by atoms with Crippen molar-refractivity contribution in [2.75, 3.05) is 13.7 Å². The van der Waals surface area contributed by atoms with Crippen LogP contribution in [-0.2, 0) is 9.68 Å². The molecule has 0 amide bonds. The molecule has 0 saturated heterocycles. The van der Waals surface area contributed by atoms with Gasteiger partial charge in [-0.3, -0.25) is 4.84 Å². The quantitative estimate of drug-likeness (QED) is 0.486. The van der Waals surface area contributed by atoms with E-state index in [1.165, 1.54) is 20.0 Å². The molecule has 3 N–H and O–H groups in total. The fourth-order valence-electron chi connectivity index (χ4n) is 2.40. The van der Waals surface area contributed by atoms with Gasteiger partial charge in [0.1, 0.15) is 6.61 Å². The molecule has 1 saturated carbocycles. The first-order chi connectivity index (χ1) is 6.79. The van der Waals surface area contributed by atoms with Gasteiger partial charge in [0.15, 0.2) is 0 Å². The summed E-state index contributed by atoms with van der Waals surface area (Å²) in [6.45, 7) is 0.626. The Labute approximate surface area is 83.7 Å². The van der Waals surface area contributed by atoms with Crippen LogP contribution in [0.15, 0.2) is 12.2 Å². The Hall–Kier alpha value is -0.460. The van der Waals surface area contributed by atoms with Gasteiger partial charge in [-0.1, -0.05) is 12.2 Å². The van der Waals surface area contributed by atoms with Gasteiger partial charge in [0.05, 0.1) is 7.11 Å². The first-order valence-corrected chi connectivity index (χ1v) is 4.98. The number of rotatable bonds is 5. The lowest BCUT2D eigenvalue weighted by Gasteiger charge is -2.22. The lowest BCUT2D eigenvalue weighted by atomic mass is 9.95. The van der Waals surface area contributed by atoms with Crippen molar-refractivity contribution in [3.05, 3.63) is 18.0 Å². The molecular weight excluding hydrogens is 182 g/mol. The maximum atomic E-state index is 7.31. The molecular formula is C9H17N3O2. The van der Waals surface area contributed by atoms with Crippen LogP contribution in [0.5, 0.6) is 0 Å². The lowest BCUT2D eigenvalue weighted by Crippen LogP contribution is -3.11. The highest BCUT2D eigenvalue weighted by Gasteiger charge is 2.36. The minimum absolute atomic E-state index is 0.000692. The Morgan fingerprint density at radius 1 is 1.50 bits per heavy atom. The number of nitrogens with one attached hydrogen (secondary N) is 3. The molecule has 4 atom stereocenters. The first-order valence-electron chi connectivity index (χ1n) is 4.98. The number of fused-ring (bicyclic) bond motifs is 2. The second-order valence-electron chi connectivity index (χ2n) is 3.99. The zero-order valence-corrected chi connectivity index (χ0v) is 8.32. The monoisotopic (exact) mass is 199 g/mol. The molecule has 0 heterocycles. The summed E-state index contributed by atoms with van der Waals surface area (Å²) in [5.41, 5.74) is 2.36. The van der Waals surface area contributed by atoms with Crippen LogP contribution in [0.2, 0.25) is 0 Å². The Kier molecular flexibility index (Phi) is 3.15. The predicted molar refractivity (Wildman–Crippen MR) is 50.2 cm³/mol. The Bertz CT molecular complexity index is 222. The molecule has 0 spiro atoms. The number of allylic oxidation sites excluding steroid dienone is 2. The lowest BCUT2D eigenvalue weighted by molar-refractivity contribution is -1.11. The summed E-state index contributed by atoms with van der Waals surface area (Å²) in [5.74, 6) is 9.34. The van der Waals surface area contributed by atoms with Gasteiger partial charge in [-0.15, -0.1) is 0 Å². The third kappa shape index (κ3) is 2.13. The third-order valence-electron chi connectivity index (χ3n) is 3.05. The molecule has 2 bridgehead atoms. The Balaban J connectivity index is 1.69. The topological polar surface area (TPSA) is 58.7 Å². The molecule has 0 aliphatic heterocycles. The zero-order valence-electron chi connectivity index (χ0n) is 8.32. The molecule has 2 aliphatic rings. The fourth-order valence-corrected chi connectivity index (χ4v) is 2.40. The van der Waals surface area contributed by atoms with Crippen molar-refractivity contribution in [3.8, 4) is 0 Å². The van der Waals surface area contributed by atoms with Gasteiger partial charge in [-0.05, 0) is 36.2 Å². The molecule has 0 aromatic heterocycles. The van der Waals surface area contributed by atoms with Crippen molar-refractivity contribution >= 4 is 0 Å². The standard InChI is InChI=1S/C9H17N3O2/c1-13-11-12(10)14-6-9-5-7-2-3-8(9)4-7/h2-3,7-12H,4-6H2,1H3. The average molecular weight is 199 g/mol. The van der Waals surface area contributed by atoms with E-state index in [0.29, 0.717) is 18.4 Å². The minimum atomic E-state index is -0.000692. The van der Waals surface area contributed by atoms with Crippen LogP contribution in [0.4, 0.5) is 0 Å². The third-order valence-corrected chi connectivity index (χ3v) is 3.05. The van der Waals surface area contributed by atoms with E-state index in [1.54, 1.807) is 0 Å². The summed E-state index contributed by atoms with van der Waals surface area (Å²) < 4.78 is 0. The molecule has 5 heteroatoms. The van der Waals surface area contributed by atoms with E-state index in [0.717, 1.165) is 5.92 Å². The van der Waals surface area contributed by atoms with Gasteiger partial charge in [0.25, 0.3) is 0 Å². The smallest absolute Gasteiger partial charge is 0.111 e. The minimum Gasteiger partial charge on any atom is -0.411 e. The molecule has 0 aromatic carbocycles. The van der Waals surface area contributed by atoms with Crippen molar-refractivity contribution in [2.45, 2.75) is 12.8 Å². The van der Waals surface area contributed by atoms with E-state index < -0.39 is 0 Å². The highest BCUT2D eigenvalue weighted by molar-refractivity contribution is 5.09. The summed E-state index contributed by atoms with van der Waals surface area (Å²) in [6.07, 6.45) is 7.08. The van der Waals surface area contributed by atoms with Gasteiger partial charge in [-0.2, -0.15) is 10.1 Å². The Morgan fingerprint density at radius 3 is 2.93 bits per heavy atom. The van der Waals surface area contributed by atoms with Gasteiger partial charge in [0.2, 0.25) is 0 Å². The van der Waals surface area contributed by atoms with E-state index in [-0.39, 0.29) is 5.28 Å². The van der Waals surface area contributed by atoms with Crippen LogP contribution in [0.25, 0.3) is 5.84 Å². The van der Waals surface area contributed by atoms with Gasteiger partial charge >= 0.3 is 0 Å². The number of hydrogen-bond acceptors (Lipinski definition) is 3. The van der Waals surface area contributed by atoms with Crippen LogP contribution in [0.3, 0.4) is 0 Å². The predicted octanol–water partition coefficient (Wildman–Crippen LogP) is 0.0483. The molecule has 14 heavy (non-hydrogen) atoms. The van der Waals surface area contributed by atoms with Crippen molar-refractivity contribution in [3.63, 3.8) is 0 Å². The fraction of sp³-hybridized carbons (Fsp3) is 0.778. The second kappa shape index (κ2) is 4.37. The van der Waals surface area contributed by atoms with Gasteiger partial charge in [-0.25, -0.2) is 0 Å². The van der Waals surface area contributed by atoms with Gasteiger partial charge in [0, 0.05) is 0 Å². The number of hydrogen-bond donors (Lipinski definition) is 2. The zero-order chi connectivity index (χ0) is 9.97. The second-order valence-corrected chi connectivity index (χ2v) is 3.99. The maximum absolute atomic E-state index is 7.31. The summed E-state index contributed by atoms with van der Waals surface area (Å²) in [6, 6.07) is 0. The first kappa shape index (κ1) is 10.1. The summed E-state index contributed by atoms with van der Waals surface area (Å²) >= 11 is 0. The molecule has 0 radical (unpaired) electrons. The molecule has 1 fully saturated rings. The highest BCUT2D eigenvalue weighted by atomic mass is 16.8. The van der Waals surface area contributed by atoms with E-state index in [2.05, 4.69) is 22.6 Å². The van der Waals surface area contributed by atoms with Crippen molar-refractivity contribution in [1.29, 1.82) is 0 Å². The highest BCUT2D eigenvalue weighted by Crippen LogP contribution is 2.43. The maximum Gasteiger partial charge on any atom is 0.111 e. The molecule has 4 unspecified atom stereocenters. The SMILES string of the molecule is CON[NH+]([NH-])OCC1CC2C=CC1C2. The van der Waals surface area contributed by atoms with Crippen LogP contribution >= 0.6 is 0 Å². The molecule has 2 aliphatic carbocycles. The summed E-state index contributed by atoms with van der Waals surface area (Å²) in [7, 11) is 1.47. The van der Waals surface area contributed by atoms with Crippen LogP contribution < -0.4 is 10.9 Å². The average Bonchev–Trinajstić information content (AvgIpc) is 2.76. The van der Waals surface area contributed by atoms with Crippen LogP contribution in [0, 0.1) is 17.8 Å².